The number of Topliss-reactive ketones (excluding diaryl/α,β-unsaturated/α-hetero) is 1. The van der Waals surface area contributed by atoms with Gasteiger partial charge in [0.2, 0.25) is 11.8 Å². The van der Waals surface area contributed by atoms with Gasteiger partial charge in [0.15, 0.2) is 23.1 Å². The van der Waals surface area contributed by atoms with E-state index in [-0.39, 0.29) is 35.9 Å². The van der Waals surface area contributed by atoms with Crippen molar-refractivity contribution in [2.24, 2.45) is 17.8 Å². The van der Waals surface area contributed by atoms with E-state index in [4.69, 9.17) is 4.74 Å². The van der Waals surface area contributed by atoms with Gasteiger partial charge in [-0.3, -0.25) is 19.2 Å². The zero-order valence-electron chi connectivity index (χ0n) is 20.1. The van der Waals surface area contributed by atoms with E-state index in [1.807, 2.05) is 6.08 Å². The summed E-state index contributed by atoms with van der Waals surface area (Å²) in [5.74, 6) is -4.51. The second-order valence-electron chi connectivity index (χ2n) is 9.37. The first-order valence-corrected chi connectivity index (χ1v) is 11.8. The number of rotatable bonds is 3. The number of phenolic OH excluding ortho intramolecular Hbond substituents is 1. The third-order valence-electron chi connectivity index (χ3n) is 7.54. The fraction of sp³-hybridized carbons (Fsp3) is 0.370. The van der Waals surface area contributed by atoms with E-state index in [2.05, 4.69) is 4.74 Å². The fourth-order valence-electron chi connectivity index (χ4n) is 6.01. The van der Waals surface area contributed by atoms with Gasteiger partial charge >= 0.3 is 6.09 Å². The molecule has 1 aliphatic heterocycles. The van der Waals surface area contributed by atoms with Crippen LogP contribution < -0.4 is 4.74 Å². The molecule has 1 aromatic rings. The number of allylic oxidation sites excluding steroid dienone is 6. The standard InChI is InChI=1S/C27H25NO8/c1-4-36-20-10-13(5-8-18(20)29)21-14-6-7-15-22(26(33)28(25(15)32)27(34)35-3)16(14)11-17-23(21)19(30)9-12(2)24(17)31/h5-6,8-10,15-16,21-22,29H,4,7,11H2,1-3H3/t15-,16+,21-,22-/m0/s1. The van der Waals surface area contributed by atoms with E-state index in [0.717, 1.165) is 12.7 Å². The van der Waals surface area contributed by atoms with Crippen molar-refractivity contribution < 1.29 is 38.6 Å². The number of nitrogens with zero attached hydrogens (tertiary/aromatic N) is 1. The molecular weight excluding hydrogens is 466 g/mol. The summed E-state index contributed by atoms with van der Waals surface area (Å²) in [5.41, 5.74) is 2.32. The molecule has 9 heteroatoms. The number of aromatic hydroxyl groups is 1. The molecule has 3 amide bonds. The van der Waals surface area contributed by atoms with E-state index in [0.29, 0.717) is 33.8 Å². The van der Waals surface area contributed by atoms with E-state index in [1.165, 1.54) is 12.1 Å². The molecule has 1 fully saturated rings. The molecule has 1 N–H and O–H groups in total. The molecule has 5 rings (SSSR count). The lowest BCUT2D eigenvalue weighted by molar-refractivity contribution is -0.137. The maximum absolute atomic E-state index is 13.3. The fourth-order valence-corrected chi connectivity index (χ4v) is 6.01. The monoisotopic (exact) mass is 491 g/mol. The molecule has 0 spiro atoms. The molecule has 0 aromatic heterocycles. The van der Waals surface area contributed by atoms with E-state index in [1.54, 1.807) is 26.0 Å². The third-order valence-corrected chi connectivity index (χ3v) is 7.54. The van der Waals surface area contributed by atoms with Crippen LogP contribution in [0.25, 0.3) is 0 Å². The molecule has 9 nitrogen and oxygen atoms in total. The maximum atomic E-state index is 13.3. The zero-order chi connectivity index (χ0) is 25.9. The highest BCUT2D eigenvalue weighted by Gasteiger charge is 2.58. The van der Waals surface area contributed by atoms with Crippen molar-refractivity contribution >= 4 is 29.5 Å². The first kappa shape index (κ1) is 23.7. The molecule has 0 unspecified atom stereocenters. The van der Waals surface area contributed by atoms with Crippen LogP contribution in [-0.2, 0) is 23.9 Å². The quantitative estimate of drug-likeness (QED) is 0.388. The number of benzene rings is 1. The normalized spacial score (nSPS) is 27.2. The molecule has 0 saturated carbocycles. The predicted molar refractivity (Wildman–Crippen MR) is 125 cm³/mol. The average Bonchev–Trinajstić information content (AvgIpc) is 3.12. The van der Waals surface area contributed by atoms with E-state index < -0.39 is 41.6 Å². The van der Waals surface area contributed by atoms with Gasteiger partial charge < -0.3 is 14.6 Å². The Morgan fingerprint density at radius 1 is 1.14 bits per heavy atom. The number of hydrogen-bond donors (Lipinski definition) is 1. The molecule has 1 heterocycles. The molecular formula is C27H25NO8. The SMILES string of the molecule is CCOc1cc([C@H]2C3=CC[C@@H]4C(=O)N(C(=O)OC)C(=O)[C@@H]4[C@@H]3CC3=C2C(=O)C=C(C)C3=O)ccc1O. The van der Waals surface area contributed by atoms with Crippen molar-refractivity contribution in [3.05, 3.63) is 58.2 Å². The maximum Gasteiger partial charge on any atom is 0.423 e. The molecule has 4 atom stereocenters. The molecule has 0 bridgehead atoms. The number of carbonyl (C=O) groups is 5. The topological polar surface area (TPSA) is 127 Å². The van der Waals surface area contributed by atoms with E-state index >= 15 is 0 Å². The number of methoxy groups -OCH3 is 1. The Balaban J connectivity index is 1.68. The van der Waals surface area contributed by atoms with E-state index in [9.17, 15) is 29.1 Å². The number of imide groups is 3. The minimum Gasteiger partial charge on any atom is -0.504 e. The molecule has 4 aliphatic rings. The third kappa shape index (κ3) is 3.33. The number of likely N-dealkylation sites (tertiary alicyclic amines) is 1. The minimum atomic E-state index is -1.03. The smallest absolute Gasteiger partial charge is 0.423 e. The molecule has 36 heavy (non-hydrogen) atoms. The Kier molecular flexibility index (Phi) is 5.65. The zero-order valence-corrected chi connectivity index (χ0v) is 20.1. The highest BCUT2D eigenvalue weighted by atomic mass is 16.5. The Labute approximate surface area is 207 Å². The summed E-state index contributed by atoms with van der Waals surface area (Å²) in [4.78, 5) is 65.6. The first-order valence-electron chi connectivity index (χ1n) is 11.8. The van der Waals surface area contributed by atoms with Gasteiger partial charge in [-0.2, -0.15) is 4.90 Å². The van der Waals surface area contributed by atoms with Gasteiger partial charge in [0.25, 0.3) is 0 Å². The van der Waals surface area contributed by atoms with Crippen LogP contribution in [0.3, 0.4) is 0 Å². The second-order valence-corrected chi connectivity index (χ2v) is 9.37. The van der Waals surface area contributed by atoms with Crippen molar-refractivity contribution in [3.63, 3.8) is 0 Å². The summed E-state index contributed by atoms with van der Waals surface area (Å²) in [5, 5.41) is 10.2. The average molecular weight is 491 g/mol. The minimum absolute atomic E-state index is 0.0630. The summed E-state index contributed by atoms with van der Waals surface area (Å²) in [7, 11) is 1.10. The number of fused-ring (bicyclic) bond motifs is 3. The van der Waals surface area contributed by atoms with Crippen molar-refractivity contribution in [1.29, 1.82) is 0 Å². The van der Waals surface area contributed by atoms with Crippen LogP contribution >= 0.6 is 0 Å². The van der Waals surface area contributed by atoms with Crippen LogP contribution in [0, 0.1) is 17.8 Å². The lowest BCUT2D eigenvalue weighted by Crippen LogP contribution is -2.40. The summed E-state index contributed by atoms with van der Waals surface area (Å²) >= 11 is 0. The molecule has 3 aliphatic carbocycles. The Bertz CT molecular complexity index is 1330. The summed E-state index contributed by atoms with van der Waals surface area (Å²) in [6.45, 7) is 3.66. The summed E-state index contributed by atoms with van der Waals surface area (Å²) in [6.07, 6.45) is 2.46. The summed E-state index contributed by atoms with van der Waals surface area (Å²) in [6, 6.07) is 4.76. The van der Waals surface area contributed by atoms with Gasteiger partial charge in [0.05, 0.1) is 25.6 Å². The number of phenols is 1. The first-order chi connectivity index (χ1) is 17.2. The van der Waals surface area contributed by atoms with Gasteiger partial charge in [0.1, 0.15) is 0 Å². The number of carbonyl (C=O) groups excluding carboxylic acids is 5. The van der Waals surface area contributed by atoms with Crippen LogP contribution in [0.5, 0.6) is 11.5 Å². The Hall–Kier alpha value is -4.01. The van der Waals surface area contributed by atoms with Gasteiger partial charge in [-0.1, -0.05) is 17.7 Å². The number of ketones is 2. The lowest BCUT2D eigenvalue weighted by atomic mass is 9.59. The van der Waals surface area contributed by atoms with Crippen molar-refractivity contribution in [2.45, 2.75) is 32.6 Å². The number of amides is 3. The Morgan fingerprint density at radius 2 is 1.89 bits per heavy atom. The van der Waals surface area contributed by atoms with Crippen LogP contribution in [0.15, 0.2) is 52.6 Å². The highest BCUT2D eigenvalue weighted by Crippen LogP contribution is 2.55. The molecule has 1 aromatic carbocycles. The highest BCUT2D eigenvalue weighted by molar-refractivity contribution is 6.24. The van der Waals surface area contributed by atoms with Crippen LogP contribution in [0.4, 0.5) is 4.79 Å². The lowest BCUT2D eigenvalue weighted by Gasteiger charge is -2.42. The molecule has 0 radical (unpaired) electrons. The predicted octanol–water partition coefficient (Wildman–Crippen LogP) is 2.99. The summed E-state index contributed by atoms with van der Waals surface area (Å²) < 4.78 is 10.2. The Morgan fingerprint density at radius 3 is 2.58 bits per heavy atom. The van der Waals surface area contributed by atoms with Crippen LogP contribution in [0.2, 0.25) is 0 Å². The molecule has 186 valence electrons. The number of ether oxygens (including phenoxy) is 2. The largest absolute Gasteiger partial charge is 0.504 e. The van der Waals surface area contributed by atoms with Crippen molar-refractivity contribution in [3.8, 4) is 11.5 Å². The van der Waals surface area contributed by atoms with Crippen LogP contribution in [0.1, 0.15) is 38.2 Å². The van der Waals surface area contributed by atoms with Crippen LogP contribution in [-0.4, -0.2) is 53.2 Å². The van der Waals surface area contributed by atoms with Gasteiger partial charge in [0, 0.05) is 22.6 Å². The van der Waals surface area contributed by atoms with Crippen molar-refractivity contribution in [2.75, 3.05) is 13.7 Å². The number of hydrogen-bond acceptors (Lipinski definition) is 8. The van der Waals surface area contributed by atoms with Crippen molar-refractivity contribution in [1.82, 2.24) is 4.90 Å². The molecule has 1 saturated heterocycles. The van der Waals surface area contributed by atoms with Gasteiger partial charge in [-0.15, -0.1) is 0 Å². The van der Waals surface area contributed by atoms with Gasteiger partial charge in [-0.05, 0) is 56.4 Å². The van der Waals surface area contributed by atoms with Gasteiger partial charge in [-0.25, -0.2) is 4.79 Å². The second kappa shape index (κ2) is 8.58.